The van der Waals surface area contributed by atoms with E-state index in [1.54, 1.807) is 0 Å². The van der Waals surface area contributed by atoms with Gasteiger partial charge in [-0.2, -0.15) is 0 Å². The van der Waals surface area contributed by atoms with Crippen molar-refractivity contribution in [3.63, 3.8) is 0 Å². The molecule has 17 heavy (non-hydrogen) atoms. The van der Waals surface area contributed by atoms with Gasteiger partial charge in [-0.05, 0) is 35.2 Å². The Kier molecular flexibility index (Phi) is 2.65. The molecule has 1 aliphatic carbocycles. The van der Waals surface area contributed by atoms with E-state index in [1.165, 1.54) is 11.1 Å². The van der Waals surface area contributed by atoms with Gasteiger partial charge < -0.3 is 5.73 Å². The predicted molar refractivity (Wildman–Crippen MR) is 71.3 cm³/mol. The maximum Gasteiger partial charge on any atom is 0.0406 e. The Hall–Kier alpha value is -1.31. The molecule has 2 aromatic rings. The van der Waals surface area contributed by atoms with Crippen LogP contribution in [0.3, 0.4) is 0 Å². The second-order valence-corrected chi connectivity index (χ2v) is 5.02. The molecule has 2 unspecified atom stereocenters. The second-order valence-electron chi connectivity index (χ2n) is 4.59. The first-order valence-electron chi connectivity index (χ1n) is 5.84. The molecule has 0 fully saturated rings. The molecule has 0 heterocycles. The summed E-state index contributed by atoms with van der Waals surface area (Å²) < 4.78 is 0. The summed E-state index contributed by atoms with van der Waals surface area (Å²) in [5.41, 5.74) is 10.3. The fourth-order valence-electron chi connectivity index (χ4n) is 2.54. The molecule has 2 aromatic carbocycles. The third-order valence-corrected chi connectivity index (χ3v) is 3.83. The summed E-state index contributed by atoms with van der Waals surface area (Å²) in [5.74, 6) is 0.451. The van der Waals surface area contributed by atoms with Crippen molar-refractivity contribution in [2.75, 3.05) is 0 Å². The highest BCUT2D eigenvalue weighted by Gasteiger charge is 2.31. The first kappa shape index (κ1) is 10.8. The highest BCUT2D eigenvalue weighted by molar-refractivity contribution is 6.30. The van der Waals surface area contributed by atoms with E-state index in [0.29, 0.717) is 5.92 Å². The highest BCUT2D eigenvalue weighted by atomic mass is 35.5. The first-order chi connectivity index (χ1) is 8.25. The van der Waals surface area contributed by atoms with Crippen LogP contribution in [0.5, 0.6) is 0 Å². The Morgan fingerprint density at radius 2 is 1.76 bits per heavy atom. The molecule has 2 heteroatoms. The fraction of sp³-hybridized carbons (Fsp3) is 0.200. The lowest BCUT2D eigenvalue weighted by atomic mass is 9.72. The molecule has 2 atom stereocenters. The molecule has 86 valence electrons. The van der Waals surface area contributed by atoms with E-state index in [2.05, 4.69) is 24.3 Å². The van der Waals surface area contributed by atoms with Gasteiger partial charge in [-0.15, -0.1) is 0 Å². The molecule has 0 saturated heterocycles. The molecule has 2 N–H and O–H groups in total. The smallest absolute Gasteiger partial charge is 0.0406 e. The van der Waals surface area contributed by atoms with E-state index in [0.717, 1.165) is 17.0 Å². The number of halogens is 1. The Balaban J connectivity index is 1.86. The Morgan fingerprint density at radius 1 is 1.06 bits per heavy atom. The molecule has 0 aromatic heterocycles. The van der Waals surface area contributed by atoms with E-state index in [9.17, 15) is 0 Å². The normalized spacial score (nSPS) is 19.3. The molecule has 1 aliphatic rings. The van der Waals surface area contributed by atoms with Crippen LogP contribution >= 0.6 is 11.6 Å². The van der Waals surface area contributed by atoms with Crippen LogP contribution in [0.4, 0.5) is 0 Å². The Bertz CT molecular complexity index is 533. The maximum absolute atomic E-state index is 6.32. The van der Waals surface area contributed by atoms with Gasteiger partial charge in [-0.3, -0.25) is 0 Å². The molecule has 0 radical (unpaired) electrons. The zero-order valence-electron chi connectivity index (χ0n) is 9.44. The molecule has 3 rings (SSSR count). The van der Waals surface area contributed by atoms with Gasteiger partial charge in [0.25, 0.3) is 0 Å². The molecular formula is C15H14ClN. The molecular weight excluding hydrogens is 230 g/mol. The van der Waals surface area contributed by atoms with Gasteiger partial charge in [0.1, 0.15) is 0 Å². The SMILES string of the molecule is NC(c1ccc(Cl)cc1)C1Cc2ccccc21. The zero-order chi connectivity index (χ0) is 11.8. The van der Waals surface area contributed by atoms with Crippen LogP contribution in [0, 0.1) is 0 Å². The van der Waals surface area contributed by atoms with Gasteiger partial charge in [0.05, 0.1) is 0 Å². The van der Waals surface area contributed by atoms with Crippen LogP contribution in [0.2, 0.25) is 5.02 Å². The topological polar surface area (TPSA) is 26.0 Å². The largest absolute Gasteiger partial charge is 0.323 e. The van der Waals surface area contributed by atoms with Crippen molar-refractivity contribution < 1.29 is 0 Å². The van der Waals surface area contributed by atoms with Gasteiger partial charge in [-0.25, -0.2) is 0 Å². The van der Waals surface area contributed by atoms with Crippen LogP contribution in [0.15, 0.2) is 48.5 Å². The third kappa shape index (κ3) is 1.86. The summed E-state index contributed by atoms with van der Waals surface area (Å²) in [6.07, 6.45) is 1.08. The lowest BCUT2D eigenvalue weighted by Gasteiger charge is -2.34. The number of rotatable bonds is 2. The molecule has 0 bridgehead atoms. The average molecular weight is 244 g/mol. The number of hydrogen-bond donors (Lipinski definition) is 1. The van der Waals surface area contributed by atoms with Crippen LogP contribution in [0.1, 0.15) is 28.7 Å². The fourth-order valence-corrected chi connectivity index (χ4v) is 2.66. The van der Waals surface area contributed by atoms with Gasteiger partial charge in [-0.1, -0.05) is 48.0 Å². The molecule has 1 nitrogen and oxygen atoms in total. The monoisotopic (exact) mass is 243 g/mol. The summed E-state index contributed by atoms with van der Waals surface area (Å²) in [5, 5.41) is 0.759. The number of fused-ring (bicyclic) bond motifs is 1. The minimum Gasteiger partial charge on any atom is -0.323 e. The minimum absolute atomic E-state index is 0.0715. The molecule has 0 saturated carbocycles. The van der Waals surface area contributed by atoms with Crippen molar-refractivity contribution in [2.24, 2.45) is 5.73 Å². The van der Waals surface area contributed by atoms with Crippen molar-refractivity contribution >= 4 is 11.6 Å². The van der Waals surface area contributed by atoms with Crippen molar-refractivity contribution in [3.8, 4) is 0 Å². The molecule has 0 aliphatic heterocycles. The second kappa shape index (κ2) is 4.17. The van der Waals surface area contributed by atoms with E-state index in [-0.39, 0.29) is 6.04 Å². The molecule has 0 amide bonds. The van der Waals surface area contributed by atoms with Crippen molar-refractivity contribution in [1.29, 1.82) is 0 Å². The summed E-state index contributed by atoms with van der Waals surface area (Å²) in [6.45, 7) is 0. The summed E-state index contributed by atoms with van der Waals surface area (Å²) in [4.78, 5) is 0. The minimum atomic E-state index is 0.0715. The van der Waals surface area contributed by atoms with Crippen LogP contribution in [-0.2, 0) is 6.42 Å². The zero-order valence-corrected chi connectivity index (χ0v) is 10.2. The number of nitrogens with two attached hydrogens (primary N) is 1. The Morgan fingerprint density at radius 3 is 2.47 bits per heavy atom. The first-order valence-corrected chi connectivity index (χ1v) is 6.22. The summed E-state index contributed by atoms with van der Waals surface area (Å²) in [7, 11) is 0. The van der Waals surface area contributed by atoms with Crippen molar-refractivity contribution in [3.05, 3.63) is 70.2 Å². The number of hydrogen-bond acceptors (Lipinski definition) is 1. The summed E-state index contributed by atoms with van der Waals surface area (Å²) in [6, 6.07) is 16.5. The average Bonchev–Trinajstić information content (AvgIpc) is 2.31. The van der Waals surface area contributed by atoms with Crippen molar-refractivity contribution in [2.45, 2.75) is 18.4 Å². The summed E-state index contributed by atoms with van der Waals surface area (Å²) >= 11 is 5.88. The van der Waals surface area contributed by atoms with E-state index < -0.39 is 0 Å². The Labute approximate surface area is 106 Å². The van der Waals surface area contributed by atoms with Crippen LogP contribution in [0.25, 0.3) is 0 Å². The van der Waals surface area contributed by atoms with Crippen LogP contribution < -0.4 is 5.73 Å². The predicted octanol–water partition coefficient (Wildman–Crippen LogP) is 3.68. The maximum atomic E-state index is 6.32. The lowest BCUT2D eigenvalue weighted by Crippen LogP contribution is -2.28. The van der Waals surface area contributed by atoms with Gasteiger partial charge in [0.15, 0.2) is 0 Å². The standard InChI is InChI=1S/C15H14ClN/c16-12-7-5-10(6-8-12)15(17)14-9-11-3-1-2-4-13(11)14/h1-8,14-15H,9,17H2. The van der Waals surface area contributed by atoms with E-state index in [4.69, 9.17) is 17.3 Å². The third-order valence-electron chi connectivity index (χ3n) is 3.58. The van der Waals surface area contributed by atoms with E-state index >= 15 is 0 Å². The highest BCUT2D eigenvalue weighted by Crippen LogP contribution is 2.42. The lowest BCUT2D eigenvalue weighted by molar-refractivity contribution is 0.500. The van der Waals surface area contributed by atoms with Crippen molar-refractivity contribution in [1.82, 2.24) is 0 Å². The van der Waals surface area contributed by atoms with E-state index in [1.807, 2.05) is 24.3 Å². The van der Waals surface area contributed by atoms with Gasteiger partial charge in [0, 0.05) is 17.0 Å². The van der Waals surface area contributed by atoms with Gasteiger partial charge >= 0.3 is 0 Å². The number of benzene rings is 2. The van der Waals surface area contributed by atoms with Gasteiger partial charge in [0.2, 0.25) is 0 Å². The molecule has 0 spiro atoms. The van der Waals surface area contributed by atoms with Crippen LogP contribution in [-0.4, -0.2) is 0 Å². The quantitative estimate of drug-likeness (QED) is 0.856.